The Hall–Kier alpha value is -0.390. The molecule has 1 aliphatic carbocycles. The number of likely N-dealkylation sites (tertiary alicyclic amines) is 1. The van der Waals surface area contributed by atoms with Crippen molar-refractivity contribution in [2.75, 3.05) is 19.6 Å². The van der Waals surface area contributed by atoms with Crippen LogP contribution < -0.4 is 4.72 Å². The SMILES string of the molecule is C=CCCN1CCCC(NS(=O)(=O)C2CC2)C1. The average Bonchev–Trinajstić information content (AvgIpc) is 3.10. The zero-order chi connectivity index (χ0) is 12.3. The summed E-state index contributed by atoms with van der Waals surface area (Å²) in [5.74, 6) is 0. The van der Waals surface area contributed by atoms with Gasteiger partial charge in [-0.2, -0.15) is 0 Å². The van der Waals surface area contributed by atoms with Gasteiger partial charge >= 0.3 is 0 Å². The minimum Gasteiger partial charge on any atom is -0.301 e. The summed E-state index contributed by atoms with van der Waals surface area (Å²) in [7, 11) is -3.03. The van der Waals surface area contributed by atoms with Gasteiger partial charge in [-0.05, 0) is 38.6 Å². The lowest BCUT2D eigenvalue weighted by Gasteiger charge is -2.32. The summed E-state index contributed by atoms with van der Waals surface area (Å²) in [5.41, 5.74) is 0. The van der Waals surface area contributed by atoms with Crippen LogP contribution in [0.15, 0.2) is 12.7 Å². The minimum absolute atomic E-state index is 0.106. The summed E-state index contributed by atoms with van der Waals surface area (Å²) in [4.78, 5) is 2.32. The lowest BCUT2D eigenvalue weighted by atomic mass is 10.1. The Labute approximate surface area is 104 Å². The molecule has 0 radical (unpaired) electrons. The Bertz CT molecular complexity index is 363. The van der Waals surface area contributed by atoms with Crippen LogP contribution in [0, 0.1) is 0 Å². The van der Waals surface area contributed by atoms with Gasteiger partial charge in [-0.1, -0.05) is 6.08 Å². The van der Waals surface area contributed by atoms with Crippen LogP contribution in [-0.2, 0) is 10.0 Å². The highest BCUT2D eigenvalue weighted by molar-refractivity contribution is 7.90. The highest BCUT2D eigenvalue weighted by Gasteiger charge is 2.37. The Morgan fingerprint density at radius 2 is 2.12 bits per heavy atom. The van der Waals surface area contributed by atoms with Crippen molar-refractivity contribution in [2.45, 2.75) is 43.4 Å². The molecular formula is C12H22N2O2S. The van der Waals surface area contributed by atoms with E-state index in [-0.39, 0.29) is 11.3 Å². The molecule has 0 aromatic carbocycles. The van der Waals surface area contributed by atoms with Gasteiger partial charge < -0.3 is 4.90 Å². The maximum atomic E-state index is 11.8. The molecule has 2 fully saturated rings. The van der Waals surface area contributed by atoms with E-state index in [4.69, 9.17) is 0 Å². The summed E-state index contributed by atoms with van der Waals surface area (Å²) in [6.07, 6.45) is 6.61. The molecule has 1 aliphatic heterocycles. The highest BCUT2D eigenvalue weighted by atomic mass is 32.2. The fraction of sp³-hybridized carbons (Fsp3) is 0.833. The molecule has 0 amide bonds. The van der Waals surface area contributed by atoms with Gasteiger partial charge in [0, 0.05) is 19.1 Å². The molecule has 4 nitrogen and oxygen atoms in total. The van der Waals surface area contributed by atoms with Gasteiger partial charge in [0.1, 0.15) is 0 Å². The molecule has 2 aliphatic rings. The number of nitrogens with one attached hydrogen (secondary N) is 1. The van der Waals surface area contributed by atoms with Gasteiger partial charge in [0.2, 0.25) is 10.0 Å². The van der Waals surface area contributed by atoms with Crippen LogP contribution in [-0.4, -0.2) is 44.2 Å². The van der Waals surface area contributed by atoms with E-state index in [2.05, 4.69) is 16.2 Å². The van der Waals surface area contributed by atoms with E-state index in [1.165, 1.54) is 0 Å². The average molecular weight is 258 g/mol. The monoisotopic (exact) mass is 258 g/mol. The fourth-order valence-electron chi connectivity index (χ4n) is 2.34. The molecule has 0 aromatic heterocycles. The van der Waals surface area contributed by atoms with Gasteiger partial charge in [-0.3, -0.25) is 0 Å². The second kappa shape index (κ2) is 5.50. The van der Waals surface area contributed by atoms with Crippen molar-refractivity contribution in [1.29, 1.82) is 0 Å². The predicted octanol–water partition coefficient (Wildman–Crippen LogP) is 1.11. The summed E-state index contributed by atoms with van der Waals surface area (Å²) < 4.78 is 26.5. The van der Waals surface area contributed by atoms with Crippen LogP contribution in [0.1, 0.15) is 32.1 Å². The maximum Gasteiger partial charge on any atom is 0.214 e. The number of hydrogen-bond acceptors (Lipinski definition) is 3. The van der Waals surface area contributed by atoms with E-state index < -0.39 is 10.0 Å². The van der Waals surface area contributed by atoms with Gasteiger partial charge in [-0.15, -0.1) is 6.58 Å². The Morgan fingerprint density at radius 1 is 1.35 bits per heavy atom. The number of hydrogen-bond donors (Lipinski definition) is 1. The number of rotatable bonds is 6. The van der Waals surface area contributed by atoms with E-state index in [1.807, 2.05) is 6.08 Å². The first kappa shape index (κ1) is 13.1. The third kappa shape index (κ3) is 3.79. The summed E-state index contributed by atoms with van der Waals surface area (Å²) in [6.45, 7) is 6.63. The van der Waals surface area contributed by atoms with E-state index >= 15 is 0 Å². The summed E-state index contributed by atoms with van der Waals surface area (Å²) in [5, 5.41) is -0.106. The first-order chi connectivity index (χ1) is 8.12. The molecule has 1 saturated carbocycles. The molecule has 1 N–H and O–H groups in total. The van der Waals surface area contributed by atoms with Crippen molar-refractivity contribution in [3.8, 4) is 0 Å². The highest BCUT2D eigenvalue weighted by Crippen LogP contribution is 2.28. The molecule has 1 heterocycles. The molecule has 1 unspecified atom stereocenters. The standard InChI is InChI=1S/C12H22N2O2S/c1-2-3-8-14-9-4-5-11(10-14)13-17(15,16)12-6-7-12/h2,11-13H,1,3-10H2. The van der Waals surface area contributed by atoms with Crippen molar-refractivity contribution in [3.05, 3.63) is 12.7 Å². The largest absolute Gasteiger partial charge is 0.301 e. The molecule has 2 rings (SSSR count). The topological polar surface area (TPSA) is 49.4 Å². The molecular weight excluding hydrogens is 236 g/mol. The smallest absolute Gasteiger partial charge is 0.214 e. The van der Waals surface area contributed by atoms with Gasteiger partial charge in [-0.25, -0.2) is 13.1 Å². The van der Waals surface area contributed by atoms with E-state index in [0.29, 0.717) is 0 Å². The Morgan fingerprint density at radius 3 is 2.76 bits per heavy atom. The fourth-order valence-corrected chi connectivity index (χ4v) is 3.94. The van der Waals surface area contributed by atoms with Crippen LogP contribution in [0.5, 0.6) is 0 Å². The summed E-state index contributed by atoms with van der Waals surface area (Å²) in [6, 6.07) is 0.110. The predicted molar refractivity (Wildman–Crippen MR) is 69.4 cm³/mol. The zero-order valence-electron chi connectivity index (χ0n) is 10.3. The molecule has 0 aromatic rings. The molecule has 1 atom stereocenters. The van der Waals surface area contributed by atoms with E-state index in [0.717, 1.165) is 51.7 Å². The lowest BCUT2D eigenvalue weighted by molar-refractivity contribution is 0.205. The van der Waals surface area contributed by atoms with Crippen molar-refractivity contribution in [2.24, 2.45) is 0 Å². The quantitative estimate of drug-likeness (QED) is 0.726. The maximum absolute atomic E-state index is 11.8. The molecule has 0 spiro atoms. The van der Waals surface area contributed by atoms with Gasteiger partial charge in [0.05, 0.1) is 5.25 Å². The normalized spacial score (nSPS) is 26.9. The number of piperidine rings is 1. The Kier molecular flexibility index (Phi) is 4.22. The van der Waals surface area contributed by atoms with Crippen molar-refractivity contribution >= 4 is 10.0 Å². The first-order valence-corrected chi connectivity index (χ1v) is 8.01. The van der Waals surface area contributed by atoms with Gasteiger partial charge in [0.15, 0.2) is 0 Å². The third-order valence-electron chi connectivity index (χ3n) is 3.45. The third-order valence-corrected chi connectivity index (χ3v) is 5.46. The molecule has 5 heteroatoms. The molecule has 17 heavy (non-hydrogen) atoms. The zero-order valence-corrected chi connectivity index (χ0v) is 11.1. The van der Waals surface area contributed by atoms with Gasteiger partial charge in [0.25, 0.3) is 0 Å². The Balaban J connectivity index is 1.82. The molecule has 1 saturated heterocycles. The molecule has 98 valence electrons. The van der Waals surface area contributed by atoms with Crippen LogP contribution in [0.4, 0.5) is 0 Å². The first-order valence-electron chi connectivity index (χ1n) is 6.46. The van der Waals surface area contributed by atoms with Crippen molar-refractivity contribution in [3.63, 3.8) is 0 Å². The summed E-state index contributed by atoms with van der Waals surface area (Å²) >= 11 is 0. The van der Waals surface area contributed by atoms with Crippen LogP contribution in [0.3, 0.4) is 0 Å². The lowest BCUT2D eigenvalue weighted by Crippen LogP contribution is -2.48. The minimum atomic E-state index is -3.03. The number of nitrogens with zero attached hydrogens (tertiary/aromatic N) is 1. The van der Waals surface area contributed by atoms with Crippen LogP contribution in [0.25, 0.3) is 0 Å². The molecule has 0 bridgehead atoms. The van der Waals surface area contributed by atoms with Crippen LogP contribution >= 0.6 is 0 Å². The van der Waals surface area contributed by atoms with E-state index in [1.54, 1.807) is 0 Å². The second-order valence-electron chi connectivity index (χ2n) is 5.08. The number of sulfonamides is 1. The van der Waals surface area contributed by atoms with Crippen LogP contribution in [0.2, 0.25) is 0 Å². The van der Waals surface area contributed by atoms with Crippen molar-refractivity contribution in [1.82, 2.24) is 9.62 Å². The van der Waals surface area contributed by atoms with Crippen molar-refractivity contribution < 1.29 is 8.42 Å². The second-order valence-corrected chi connectivity index (χ2v) is 7.07. The van der Waals surface area contributed by atoms with E-state index in [9.17, 15) is 8.42 Å².